The summed E-state index contributed by atoms with van der Waals surface area (Å²) in [6.07, 6.45) is 1.81. The molecule has 1 heterocycles. The zero-order valence-corrected chi connectivity index (χ0v) is 46.6. The molecule has 0 aliphatic rings. The minimum Gasteiger partial charge on any atom is -0.481 e. The highest BCUT2D eigenvalue weighted by Gasteiger charge is 2.31. The molecule has 0 saturated heterocycles. The van der Waals surface area contributed by atoms with Gasteiger partial charge in [0.15, 0.2) is 0 Å². The molecular weight excluding hydrogens is 1090 g/mol. The van der Waals surface area contributed by atoms with Crippen LogP contribution in [-0.2, 0) is 82.3 Å². The molecule has 4 aromatic rings. The van der Waals surface area contributed by atoms with Crippen LogP contribution in [-0.4, -0.2) is 144 Å². The van der Waals surface area contributed by atoms with Gasteiger partial charge in [-0.1, -0.05) is 73.5 Å². The van der Waals surface area contributed by atoms with E-state index in [4.69, 9.17) is 14.0 Å². The minimum absolute atomic E-state index is 0.0135. The number of carbonyl (C=O) groups excluding carboxylic acids is 8. The van der Waals surface area contributed by atoms with E-state index >= 15 is 0 Å². The lowest BCUT2D eigenvalue weighted by molar-refractivity contribution is -0.152. The van der Waals surface area contributed by atoms with Crippen LogP contribution in [0.3, 0.4) is 0 Å². The summed E-state index contributed by atoms with van der Waals surface area (Å²) in [6, 6.07) is 16.3. The second kappa shape index (κ2) is 33.2. The summed E-state index contributed by atoms with van der Waals surface area (Å²) in [5.41, 5.74) is 2.06. The Bertz CT molecular complexity index is 2930. The normalized spacial score (nSPS) is 12.7. The quantitative estimate of drug-likeness (QED) is 0.0179. The van der Waals surface area contributed by atoms with Gasteiger partial charge in [0.05, 0.1) is 26.0 Å². The van der Waals surface area contributed by atoms with Gasteiger partial charge in [-0.3, -0.25) is 42.9 Å². The molecule has 1 aromatic heterocycles. The Labute approximate surface area is 473 Å². The monoisotopic (exact) mass is 1160 g/mol. The van der Waals surface area contributed by atoms with Gasteiger partial charge in [-0.15, -0.1) is 0 Å². The number of ether oxygens (including phenoxy) is 2. The van der Waals surface area contributed by atoms with E-state index in [2.05, 4.69) is 46.4 Å². The van der Waals surface area contributed by atoms with Gasteiger partial charge in [-0.05, 0) is 81.3 Å². The molecule has 4 rings (SSSR count). The zero-order chi connectivity index (χ0) is 60.2. The summed E-state index contributed by atoms with van der Waals surface area (Å²) in [6.45, 7) is 4.74. The van der Waals surface area contributed by atoms with Crippen molar-refractivity contribution in [2.45, 2.75) is 134 Å². The van der Waals surface area contributed by atoms with Gasteiger partial charge in [0, 0.05) is 62.3 Å². The van der Waals surface area contributed by atoms with Crippen LogP contribution >= 0.6 is 0 Å². The van der Waals surface area contributed by atoms with Crippen LogP contribution in [0.25, 0.3) is 10.9 Å². The number of esters is 1. The number of carboxylic acids is 2. The third-order valence-electron chi connectivity index (χ3n) is 12.0. The number of hydrogen-bond donors (Lipinski definition) is 11. The van der Waals surface area contributed by atoms with E-state index in [1.807, 2.05) is 24.3 Å². The number of carbonyl (C=O) groups is 10. The SMILES string of the molecule is CC(C)(C)OC(=O)NC(Cc1ccc(OS(=O)(=O)O)cc1)C(=O)NCCCCCC(=O)NCC(=O)NC(Cc1c[nH]c2ccccc12)C(=O)NCCCCCC(=O)NC(CC(=O)O)C(=O)NC(CC(=O)O)C(=O)OCCc1ccccc1. The van der Waals surface area contributed by atoms with Crippen molar-refractivity contribution in [3.05, 3.63) is 102 Å². The van der Waals surface area contributed by atoms with Gasteiger partial charge in [-0.25, -0.2) is 9.59 Å². The smallest absolute Gasteiger partial charge is 0.446 e. The van der Waals surface area contributed by atoms with Gasteiger partial charge in [-0.2, -0.15) is 8.42 Å². The molecule has 0 radical (unpaired) electrons. The average molecular weight is 1170 g/mol. The van der Waals surface area contributed by atoms with Crippen LogP contribution in [0.2, 0.25) is 0 Å². The highest BCUT2D eigenvalue weighted by atomic mass is 32.3. The second-order valence-electron chi connectivity index (χ2n) is 20.0. The van der Waals surface area contributed by atoms with Gasteiger partial charge in [0.2, 0.25) is 35.4 Å². The van der Waals surface area contributed by atoms with Crippen molar-refractivity contribution in [1.29, 1.82) is 0 Å². The number of benzene rings is 3. The average Bonchev–Trinajstić information content (AvgIpc) is 3.95. The summed E-state index contributed by atoms with van der Waals surface area (Å²) < 4.78 is 46.0. The molecule has 0 spiro atoms. The largest absolute Gasteiger partial charge is 0.481 e. The number of H-pyrrole nitrogens is 1. The molecule has 82 heavy (non-hydrogen) atoms. The van der Waals surface area contributed by atoms with Crippen LogP contribution in [0.4, 0.5) is 4.79 Å². The standard InChI is InChI=1S/C55H72N8O18S/c1-55(2,3)80-54(75)63-41(29-36-21-23-38(24-22-36)81-82(76,77)78)50(71)56-26-13-5-9-19-45(64)59-34-47(66)61-42(30-37-33-58-40-18-12-11-17-39(37)40)51(72)57-27-14-6-10-20-46(65)60-43(31-48(67)68)52(73)62-44(32-49(69)70)53(74)79-28-25-35-15-7-4-8-16-35/h4,7-8,11-12,15-18,21-24,33,41-44,58H,5-6,9-10,13-14,19-20,25-32,34H2,1-3H3,(H,56,71)(H,57,72)(H,59,64)(H,60,65)(H,61,66)(H,62,73)(H,63,75)(H,67,68)(H,69,70)(H,76,77,78). The number of carboxylic acid groups (broad SMARTS) is 2. The number of nitrogens with one attached hydrogen (secondary N) is 8. The fourth-order valence-corrected chi connectivity index (χ4v) is 8.44. The number of fused-ring (bicyclic) bond motifs is 1. The van der Waals surface area contributed by atoms with Crippen molar-refractivity contribution in [3.8, 4) is 5.75 Å². The van der Waals surface area contributed by atoms with Crippen LogP contribution in [0.5, 0.6) is 5.75 Å². The summed E-state index contributed by atoms with van der Waals surface area (Å²) in [7, 11) is -4.75. The number of aromatic amines is 1. The summed E-state index contributed by atoms with van der Waals surface area (Å²) in [4.78, 5) is 130. The maximum absolute atomic E-state index is 13.6. The third-order valence-corrected chi connectivity index (χ3v) is 12.4. The number of rotatable bonds is 35. The number of aliphatic carboxylic acids is 2. The molecule has 3 aromatic carbocycles. The second-order valence-corrected chi connectivity index (χ2v) is 21.0. The molecule has 26 nitrogen and oxygen atoms in total. The molecule has 7 amide bonds. The predicted molar refractivity (Wildman–Crippen MR) is 295 cm³/mol. The molecule has 4 atom stereocenters. The van der Waals surface area contributed by atoms with E-state index in [9.17, 15) is 66.6 Å². The number of amides is 7. The molecule has 27 heteroatoms. The van der Waals surface area contributed by atoms with Crippen molar-refractivity contribution in [2.75, 3.05) is 26.2 Å². The van der Waals surface area contributed by atoms with Crippen molar-refractivity contribution in [1.82, 2.24) is 42.2 Å². The first-order chi connectivity index (χ1) is 38.8. The molecule has 11 N–H and O–H groups in total. The number of unbranched alkanes of at least 4 members (excludes halogenated alkanes) is 4. The summed E-state index contributed by atoms with van der Waals surface area (Å²) in [5.74, 6) is -8.02. The Kier molecular flexibility index (Phi) is 26.7. The molecule has 0 aliphatic carbocycles. The number of hydrogen-bond acceptors (Lipinski definition) is 15. The first-order valence-electron chi connectivity index (χ1n) is 26.5. The van der Waals surface area contributed by atoms with E-state index in [1.54, 1.807) is 57.3 Å². The van der Waals surface area contributed by atoms with Crippen molar-refractivity contribution in [3.63, 3.8) is 0 Å². The fourth-order valence-electron chi connectivity index (χ4n) is 8.09. The Balaban J connectivity index is 1.21. The molecule has 0 aliphatic heterocycles. The molecule has 4 unspecified atom stereocenters. The van der Waals surface area contributed by atoms with Crippen LogP contribution in [0.1, 0.15) is 102 Å². The lowest BCUT2D eigenvalue weighted by Gasteiger charge is -2.23. The van der Waals surface area contributed by atoms with Crippen molar-refractivity contribution < 1.29 is 84.8 Å². The van der Waals surface area contributed by atoms with E-state index in [-0.39, 0.29) is 57.6 Å². The maximum atomic E-state index is 13.6. The molecule has 446 valence electrons. The lowest BCUT2D eigenvalue weighted by atomic mass is 10.0. The highest BCUT2D eigenvalue weighted by molar-refractivity contribution is 7.81. The van der Waals surface area contributed by atoms with Gasteiger partial charge < -0.3 is 66.1 Å². The van der Waals surface area contributed by atoms with Crippen LogP contribution < -0.4 is 41.4 Å². The number of para-hydroxylation sites is 1. The van der Waals surface area contributed by atoms with Crippen molar-refractivity contribution >= 4 is 80.7 Å². The Hall–Kier alpha value is -8.59. The maximum Gasteiger partial charge on any atom is 0.446 e. The first-order valence-corrected chi connectivity index (χ1v) is 27.9. The molecule has 0 fully saturated rings. The highest BCUT2D eigenvalue weighted by Crippen LogP contribution is 2.20. The van der Waals surface area contributed by atoms with Gasteiger partial charge in [0.1, 0.15) is 35.5 Å². The van der Waals surface area contributed by atoms with E-state index in [1.165, 1.54) is 24.3 Å². The Morgan fingerprint density at radius 1 is 0.585 bits per heavy atom. The van der Waals surface area contributed by atoms with Crippen LogP contribution in [0, 0.1) is 0 Å². The predicted octanol–water partition coefficient (Wildman–Crippen LogP) is 2.69. The molecule has 0 saturated carbocycles. The van der Waals surface area contributed by atoms with Gasteiger partial charge >= 0.3 is 34.4 Å². The van der Waals surface area contributed by atoms with Crippen LogP contribution in [0.15, 0.2) is 85.1 Å². The Morgan fingerprint density at radius 2 is 1.16 bits per heavy atom. The zero-order valence-electron chi connectivity index (χ0n) is 45.8. The third kappa shape index (κ3) is 26.1. The van der Waals surface area contributed by atoms with Gasteiger partial charge in [0.25, 0.3) is 0 Å². The van der Waals surface area contributed by atoms with E-state index in [0.717, 1.165) is 22.0 Å². The first kappa shape index (κ1) is 65.9. The minimum atomic E-state index is -4.75. The molecule has 0 bridgehead atoms. The van der Waals surface area contributed by atoms with E-state index in [0.29, 0.717) is 44.1 Å². The van der Waals surface area contributed by atoms with E-state index < -0.39 is 119 Å². The lowest BCUT2D eigenvalue weighted by Crippen LogP contribution is -2.53. The topological polar surface area (TPSA) is 393 Å². The molecular formula is C55H72N8O18S. The number of alkyl carbamates (subject to hydrolysis) is 1. The Morgan fingerprint density at radius 3 is 1.77 bits per heavy atom. The summed E-state index contributed by atoms with van der Waals surface area (Å²) >= 11 is 0. The van der Waals surface area contributed by atoms with Crippen molar-refractivity contribution in [2.24, 2.45) is 0 Å². The summed E-state index contributed by atoms with van der Waals surface area (Å²) in [5, 5.41) is 37.5. The fraction of sp³-hybridized carbons (Fsp3) is 0.455. The number of aromatic nitrogens is 1.